The van der Waals surface area contributed by atoms with Crippen LogP contribution in [0.25, 0.3) is 0 Å². The fourth-order valence-corrected chi connectivity index (χ4v) is 2.69. The quantitative estimate of drug-likeness (QED) is 0.493. The smallest absolute Gasteiger partial charge is 0.308 e. The van der Waals surface area contributed by atoms with Gasteiger partial charge in [-0.1, -0.05) is 36.4 Å². The molecule has 0 saturated carbocycles. The number of benzene rings is 3. The Hall–Kier alpha value is -3.93. The zero-order valence-corrected chi connectivity index (χ0v) is 15.8. The van der Waals surface area contributed by atoms with Gasteiger partial charge >= 0.3 is 5.97 Å². The lowest BCUT2D eigenvalue weighted by molar-refractivity contribution is -0.131. The molecular weight excluding hydrogens is 368 g/mol. The highest BCUT2D eigenvalue weighted by Crippen LogP contribution is 2.17. The number of hydrogen-bond acceptors (Lipinski definition) is 4. The highest BCUT2D eigenvalue weighted by Gasteiger charge is 2.09. The van der Waals surface area contributed by atoms with Crippen LogP contribution in [0.5, 0.6) is 5.75 Å². The average Bonchev–Trinajstić information content (AvgIpc) is 2.70. The van der Waals surface area contributed by atoms with Crippen LogP contribution in [0.1, 0.15) is 22.8 Å². The van der Waals surface area contributed by atoms with E-state index in [0.29, 0.717) is 22.7 Å². The van der Waals surface area contributed by atoms with Gasteiger partial charge in [0.15, 0.2) is 0 Å². The predicted molar refractivity (Wildman–Crippen MR) is 111 cm³/mol. The summed E-state index contributed by atoms with van der Waals surface area (Å²) in [7, 11) is 0. The zero-order chi connectivity index (χ0) is 20.6. The van der Waals surface area contributed by atoms with E-state index in [-0.39, 0.29) is 18.2 Å². The van der Waals surface area contributed by atoms with Gasteiger partial charge in [-0.2, -0.15) is 0 Å². The maximum Gasteiger partial charge on any atom is 0.308 e. The number of amides is 2. The SMILES string of the molecule is CC(=O)Oc1cccc(C(=O)Nc2ccc(NC(=O)Cc3ccccc3)cc2)c1. The van der Waals surface area contributed by atoms with Crippen LogP contribution in [0, 0.1) is 0 Å². The Morgan fingerprint density at radius 1 is 0.793 bits per heavy atom. The van der Waals surface area contributed by atoms with Crippen molar-refractivity contribution in [2.24, 2.45) is 0 Å². The monoisotopic (exact) mass is 388 g/mol. The van der Waals surface area contributed by atoms with Gasteiger partial charge in [-0.25, -0.2) is 0 Å². The van der Waals surface area contributed by atoms with Crippen LogP contribution in [-0.2, 0) is 16.0 Å². The summed E-state index contributed by atoms with van der Waals surface area (Å²) in [6.07, 6.45) is 0.290. The third-order valence-electron chi connectivity index (χ3n) is 3.99. The van der Waals surface area contributed by atoms with Crippen LogP contribution in [0.15, 0.2) is 78.9 Å². The summed E-state index contributed by atoms with van der Waals surface area (Å²) in [5, 5.41) is 5.60. The van der Waals surface area contributed by atoms with E-state index < -0.39 is 5.97 Å². The van der Waals surface area contributed by atoms with E-state index in [2.05, 4.69) is 10.6 Å². The zero-order valence-electron chi connectivity index (χ0n) is 15.8. The second-order valence-corrected chi connectivity index (χ2v) is 6.36. The largest absolute Gasteiger partial charge is 0.427 e. The Morgan fingerprint density at radius 3 is 2.10 bits per heavy atom. The molecule has 0 heterocycles. The Bertz CT molecular complexity index is 1010. The van der Waals surface area contributed by atoms with Crippen molar-refractivity contribution in [3.63, 3.8) is 0 Å². The molecule has 0 radical (unpaired) electrons. The number of rotatable bonds is 6. The maximum absolute atomic E-state index is 12.4. The normalized spacial score (nSPS) is 10.1. The molecule has 0 aliphatic carbocycles. The molecule has 3 rings (SSSR count). The summed E-state index contributed by atoms with van der Waals surface area (Å²) >= 11 is 0. The molecule has 0 atom stereocenters. The molecule has 6 heteroatoms. The first kappa shape index (κ1) is 19.8. The molecule has 0 aliphatic heterocycles. The highest BCUT2D eigenvalue weighted by atomic mass is 16.5. The Labute approximate surface area is 168 Å². The number of carbonyl (C=O) groups is 3. The second kappa shape index (κ2) is 9.32. The predicted octanol–water partition coefficient (Wildman–Crippen LogP) is 4.05. The lowest BCUT2D eigenvalue weighted by Gasteiger charge is -2.09. The van der Waals surface area contributed by atoms with Gasteiger partial charge in [0.1, 0.15) is 5.75 Å². The van der Waals surface area contributed by atoms with Crippen molar-refractivity contribution in [1.82, 2.24) is 0 Å². The lowest BCUT2D eigenvalue weighted by atomic mass is 10.1. The van der Waals surface area contributed by atoms with Crippen molar-refractivity contribution in [1.29, 1.82) is 0 Å². The van der Waals surface area contributed by atoms with E-state index in [0.717, 1.165) is 5.56 Å². The summed E-state index contributed by atoms with van der Waals surface area (Å²) in [6.45, 7) is 1.30. The second-order valence-electron chi connectivity index (χ2n) is 6.36. The molecule has 0 aliphatic rings. The molecule has 0 aromatic heterocycles. The van der Waals surface area contributed by atoms with Crippen LogP contribution >= 0.6 is 0 Å². The molecule has 3 aromatic rings. The molecule has 0 saturated heterocycles. The molecule has 3 aromatic carbocycles. The number of anilines is 2. The summed E-state index contributed by atoms with van der Waals surface area (Å²) in [5.41, 5.74) is 2.52. The minimum Gasteiger partial charge on any atom is -0.427 e. The molecule has 0 unspecified atom stereocenters. The molecule has 0 fully saturated rings. The van der Waals surface area contributed by atoms with Crippen molar-refractivity contribution in [3.8, 4) is 5.75 Å². The van der Waals surface area contributed by atoms with Gasteiger partial charge in [-0.3, -0.25) is 14.4 Å². The number of esters is 1. The third kappa shape index (κ3) is 6.04. The topological polar surface area (TPSA) is 84.5 Å². The fourth-order valence-electron chi connectivity index (χ4n) is 2.69. The highest BCUT2D eigenvalue weighted by molar-refractivity contribution is 6.04. The molecular formula is C23H20N2O4. The van der Waals surface area contributed by atoms with E-state index >= 15 is 0 Å². The van der Waals surface area contributed by atoms with Crippen molar-refractivity contribution >= 4 is 29.2 Å². The van der Waals surface area contributed by atoms with E-state index in [9.17, 15) is 14.4 Å². The summed E-state index contributed by atoms with van der Waals surface area (Å²) in [5.74, 6) is -0.593. The van der Waals surface area contributed by atoms with E-state index in [1.807, 2.05) is 30.3 Å². The molecule has 2 N–H and O–H groups in total. The average molecular weight is 388 g/mol. The number of hydrogen-bond donors (Lipinski definition) is 2. The van der Waals surface area contributed by atoms with Gasteiger partial charge < -0.3 is 15.4 Å². The fraction of sp³-hybridized carbons (Fsp3) is 0.0870. The first-order valence-corrected chi connectivity index (χ1v) is 9.03. The van der Waals surface area contributed by atoms with Crippen LogP contribution in [0.2, 0.25) is 0 Å². The number of ether oxygens (including phenoxy) is 1. The van der Waals surface area contributed by atoms with E-state index in [1.54, 1.807) is 42.5 Å². The van der Waals surface area contributed by atoms with Gasteiger partial charge in [0.05, 0.1) is 6.42 Å². The minimum absolute atomic E-state index is 0.115. The summed E-state index contributed by atoms with van der Waals surface area (Å²) in [4.78, 5) is 35.6. The summed E-state index contributed by atoms with van der Waals surface area (Å²) in [6, 6.07) is 22.7. The van der Waals surface area contributed by atoms with Gasteiger partial charge in [0.25, 0.3) is 5.91 Å². The van der Waals surface area contributed by atoms with Crippen LogP contribution in [0.4, 0.5) is 11.4 Å². The Kier molecular flexibility index (Phi) is 6.37. The van der Waals surface area contributed by atoms with Gasteiger partial charge in [0, 0.05) is 23.9 Å². The molecule has 0 spiro atoms. The first-order chi connectivity index (χ1) is 14.0. The maximum atomic E-state index is 12.4. The number of carbonyl (C=O) groups excluding carboxylic acids is 3. The van der Waals surface area contributed by atoms with Crippen molar-refractivity contribution in [2.75, 3.05) is 10.6 Å². The van der Waals surface area contributed by atoms with E-state index in [1.165, 1.54) is 13.0 Å². The molecule has 6 nitrogen and oxygen atoms in total. The lowest BCUT2D eigenvalue weighted by Crippen LogP contribution is -2.15. The number of nitrogens with one attached hydrogen (secondary N) is 2. The standard InChI is InChI=1S/C23H20N2O4/c1-16(26)29-21-9-5-8-18(15-21)23(28)25-20-12-10-19(11-13-20)24-22(27)14-17-6-3-2-4-7-17/h2-13,15H,14H2,1H3,(H,24,27)(H,25,28). The van der Waals surface area contributed by atoms with Crippen molar-refractivity contribution in [3.05, 3.63) is 90.0 Å². The third-order valence-corrected chi connectivity index (χ3v) is 3.99. The Morgan fingerprint density at radius 2 is 1.45 bits per heavy atom. The van der Waals surface area contributed by atoms with Crippen LogP contribution in [-0.4, -0.2) is 17.8 Å². The summed E-state index contributed by atoms with van der Waals surface area (Å²) < 4.78 is 4.99. The van der Waals surface area contributed by atoms with Crippen molar-refractivity contribution in [2.45, 2.75) is 13.3 Å². The molecule has 29 heavy (non-hydrogen) atoms. The molecule has 146 valence electrons. The molecule has 2 amide bonds. The Balaban J connectivity index is 1.58. The van der Waals surface area contributed by atoms with Crippen molar-refractivity contribution < 1.29 is 19.1 Å². The van der Waals surface area contributed by atoms with Gasteiger partial charge in [-0.05, 0) is 48.0 Å². The van der Waals surface area contributed by atoms with E-state index in [4.69, 9.17) is 4.74 Å². The molecule has 0 bridgehead atoms. The van der Waals surface area contributed by atoms with Gasteiger partial charge in [0.2, 0.25) is 5.91 Å². The van der Waals surface area contributed by atoms with Crippen LogP contribution in [0.3, 0.4) is 0 Å². The van der Waals surface area contributed by atoms with Crippen LogP contribution < -0.4 is 15.4 Å². The first-order valence-electron chi connectivity index (χ1n) is 9.03. The van der Waals surface area contributed by atoms with Gasteiger partial charge in [-0.15, -0.1) is 0 Å². The minimum atomic E-state index is -0.451.